The maximum absolute atomic E-state index is 9.56. The number of hydrogen-bond donors (Lipinski definition) is 3. The first kappa shape index (κ1) is 11.5. The van der Waals surface area contributed by atoms with Crippen LogP contribution in [-0.2, 0) is 9.47 Å². The van der Waals surface area contributed by atoms with E-state index in [0.29, 0.717) is 5.57 Å². The molecule has 0 aliphatic carbocycles. The molecule has 1 aliphatic rings. The lowest BCUT2D eigenvalue weighted by Gasteiger charge is -2.14. The Labute approximate surface area is 82.6 Å². The summed E-state index contributed by atoms with van der Waals surface area (Å²) in [6.07, 6.45) is -4.09. The number of aliphatic hydroxyl groups excluding tert-OH is 3. The third kappa shape index (κ3) is 1.90. The van der Waals surface area contributed by atoms with Crippen molar-refractivity contribution in [2.24, 2.45) is 0 Å². The molecule has 5 nitrogen and oxygen atoms in total. The Balaban J connectivity index is 2.80. The SMILES string of the molecule is CO[C@@H]1O[C@H](C(O)=C(C)C)[C@@H](O)[C@H]1O. The van der Waals surface area contributed by atoms with Crippen molar-refractivity contribution in [3.8, 4) is 0 Å². The second-order valence-corrected chi connectivity index (χ2v) is 3.53. The van der Waals surface area contributed by atoms with Crippen LogP contribution in [0.25, 0.3) is 0 Å². The molecule has 0 radical (unpaired) electrons. The average Bonchev–Trinajstić information content (AvgIpc) is 2.43. The van der Waals surface area contributed by atoms with Crippen LogP contribution in [0.2, 0.25) is 0 Å². The molecule has 1 rings (SSSR count). The highest BCUT2D eigenvalue weighted by Crippen LogP contribution is 2.26. The van der Waals surface area contributed by atoms with Gasteiger partial charge in [0.05, 0.1) is 0 Å². The van der Waals surface area contributed by atoms with Crippen LogP contribution in [-0.4, -0.2) is 47.0 Å². The van der Waals surface area contributed by atoms with E-state index in [9.17, 15) is 15.3 Å². The molecule has 0 aromatic rings. The molecule has 0 aromatic heterocycles. The van der Waals surface area contributed by atoms with Crippen molar-refractivity contribution in [2.45, 2.75) is 38.4 Å². The highest BCUT2D eigenvalue weighted by atomic mass is 16.7. The highest BCUT2D eigenvalue weighted by molar-refractivity contribution is 5.12. The molecule has 0 unspecified atom stereocenters. The van der Waals surface area contributed by atoms with E-state index in [1.807, 2.05) is 0 Å². The number of aliphatic hydroxyl groups is 3. The molecule has 14 heavy (non-hydrogen) atoms. The summed E-state index contributed by atoms with van der Waals surface area (Å²) >= 11 is 0. The molecule has 0 saturated carbocycles. The van der Waals surface area contributed by atoms with Gasteiger partial charge in [-0.3, -0.25) is 0 Å². The highest BCUT2D eigenvalue weighted by Gasteiger charge is 2.45. The number of methoxy groups -OCH3 is 1. The van der Waals surface area contributed by atoms with E-state index < -0.39 is 24.6 Å². The van der Waals surface area contributed by atoms with Gasteiger partial charge in [-0.2, -0.15) is 0 Å². The fourth-order valence-electron chi connectivity index (χ4n) is 1.35. The summed E-state index contributed by atoms with van der Waals surface area (Å²) in [7, 11) is 1.36. The molecule has 82 valence electrons. The number of rotatable bonds is 2. The number of hydrogen-bond acceptors (Lipinski definition) is 5. The van der Waals surface area contributed by atoms with Gasteiger partial charge in [-0.25, -0.2) is 0 Å². The number of allylic oxidation sites excluding steroid dienone is 1. The zero-order chi connectivity index (χ0) is 10.9. The van der Waals surface area contributed by atoms with Crippen LogP contribution in [0.15, 0.2) is 11.3 Å². The molecule has 1 heterocycles. The Kier molecular flexibility index (Phi) is 3.49. The Bertz CT molecular complexity index is 233. The van der Waals surface area contributed by atoms with Crippen molar-refractivity contribution >= 4 is 0 Å². The van der Waals surface area contributed by atoms with E-state index in [0.717, 1.165) is 0 Å². The first-order valence-corrected chi connectivity index (χ1v) is 4.39. The molecular formula is C9H16O5. The lowest BCUT2D eigenvalue weighted by atomic mass is 10.1. The Morgan fingerprint density at radius 2 is 1.79 bits per heavy atom. The van der Waals surface area contributed by atoms with Crippen LogP contribution in [0.3, 0.4) is 0 Å². The van der Waals surface area contributed by atoms with E-state index in [1.165, 1.54) is 7.11 Å². The second kappa shape index (κ2) is 4.27. The smallest absolute Gasteiger partial charge is 0.186 e. The largest absolute Gasteiger partial charge is 0.510 e. The summed E-state index contributed by atoms with van der Waals surface area (Å²) in [6.45, 7) is 3.38. The van der Waals surface area contributed by atoms with Crippen molar-refractivity contribution in [1.82, 2.24) is 0 Å². The van der Waals surface area contributed by atoms with Crippen LogP contribution in [0.5, 0.6) is 0 Å². The Morgan fingerprint density at radius 1 is 1.21 bits per heavy atom. The normalized spacial score (nSPS) is 37.2. The van der Waals surface area contributed by atoms with Gasteiger partial charge in [0.2, 0.25) is 0 Å². The predicted octanol–water partition coefficient (Wildman–Crippen LogP) is -0.0686. The molecule has 0 amide bonds. The molecule has 0 bridgehead atoms. The minimum atomic E-state index is -1.16. The fourth-order valence-corrected chi connectivity index (χ4v) is 1.35. The fraction of sp³-hybridized carbons (Fsp3) is 0.778. The first-order chi connectivity index (χ1) is 6.49. The van der Waals surface area contributed by atoms with Crippen LogP contribution < -0.4 is 0 Å². The first-order valence-electron chi connectivity index (χ1n) is 4.39. The van der Waals surface area contributed by atoms with Crippen LogP contribution in [0.4, 0.5) is 0 Å². The summed E-state index contributed by atoms with van der Waals surface area (Å²) < 4.78 is 9.92. The Morgan fingerprint density at radius 3 is 2.14 bits per heavy atom. The van der Waals surface area contributed by atoms with Gasteiger partial charge in [-0.1, -0.05) is 0 Å². The lowest BCUT2D eigenvalue weighted by molar-refractivity contribution is -0.147. The van der Waals surface area contributed by atoms with Gasteiger partial charge in [0.1, 0.15) is 24.1 Å². The van der Waals surface area contributed by atoms with Crippen molar-refractivity contribution < 1.29 is 24.8 Å². The predicted molar refractivity (Wildman–Crippen MR) is 48.7 cm³/mol. The van der Waals surface area contributed by atoms with Gasteiger partial charge in [0.25, 0.3) is 0 Å². The summed E-state index contributed by atoms with van der Waals surface area (Å²) in [4.78, 5) is 0. The third-order valence-electron chi connectivity index (χ3n) is 2.23. The third-order valence-corrected chi connectivity index (χ3v) is 2.23. The van der Waals surface area contributed by atoms with E-state index in [2.05, 4.69) is 0 Å². The molecule has 1 aliphatic heterocycles. The molecular weight excluding hydrogens is 188 g/mol. The van der Waals surface area contributed by atoms with Gasteiger partial charge in [0.15, 0.2) is 6.29 Å². The van der Waals surface area contributed by atoms with E-state index >= 15 is 0 Å². The van der Waals surface area contributed by atoms with Gasteiger partial charge in [-0.15, -0.1) is 0 Å². The molecule has 5 heteroatoms. The minimum Gasteiger partial charge on any atom is -0.510 e. The maximum atomic E-state index is 9.56. The quantitative estimate of drug-likeness (QED) is 0.549. The lowest BCUT2D eigenvalue weighted by Crippen LogP contribution is -2.33. The van der Waals surface area contributed by atoms with Crippen LogP contribution in [0, 0.1) is 0 Å². The summed E-state index contributed by atoms with van der Waals surface area (Å²) in [5.41, 5.74) is 0.637. The second-order valence-electron chi connectivity index (χ2n) is 3.53. The standard InChI is InChI=1S/C9H16O5/c1-4(2)5(10)8-6(11)7(12)9(13-3)14-8/h6-12H,1-3H3/t6-,7+,8+,9+/m0/s1. The van der Waals surface area contributed by atoms with Gasteiger partial charge < -0.3 is 24.8 Å². The van der Waals surface area contributed by atoms with Crippen LogP contribution in [0.1, 0.15) is 13.8 Å². The van der Waals surface area contributed by atoms with Gasteiger partial charge in [0, 0.05) is 7.11 Å². The molecule has 0 spiro atoms. The van der Waals surface area contributed by atoms with E-state index in [-0.39, 0.29) is 5.76 Å². The van der Waals surface area contributed by atoms with Crippen molar-refractivity contribution in [1.29, 1.82) is 0 Å². The van der Waals surface area contributed by atoms with Crippen molar-refractivity contribution in [3.63, 3.8) is 0 Å². The molecule has 1 saturated heterocycles. The maximum Gasteiger partial charge on any atom is 0.186 e. The van der Waals surface area contributed by atoms with E-state index in [1.54, 1.807) is 13.8 Å². The monoisotopic (exact) mass is 204 g/mol. The molecule has 3 N–H and O–H groups in total. The molecule has 0 aromatic carbocycles. The number of ether oxygens (including phenoxy) is 2. The zero-order valence-corrected chi connectivity index (χ0v) is 8.47. The molecule has 1 fully saturated rings. The summed E-state index contributed by atoms with van der Waals surface area (Å²) in [5, 5.41) is 28.5. The van der Waals surface area contributed by atoms with Crippen molar-refractivity contribution in [3.05, 3.63) is 11.3 Å². The Hall–Kier alpha value is -0.620. The van der Waals surface area contributed by atoms with E-state index in [4.69, 9.17) is 9.47 Å². The minimum absolute atomic E-state index is 0.0592. The topological polar surface area (TPSA) is 79.2 Å². The summed E-state index contributed by atoms with van der Waals surface area (Å²) in [5.74, 6) is -0.0592. The van der Waals surface area contributed by atoms with Gasteiger partial charge >= 0.3 is 0 Å². The molecule has 4 atom stereocenters. The van der Waals surface area contributed by atoms with Crippen LogP contribution >= 0.6 is 0 Å². The summed E-state index contributed by atoms with van der Waals surface area (Å²) in [6, 6.07) is 0. The van der Waals surface area contributed by atoms with Crippen molar-refractivity contribution in [2.75, 3.05) is 7.11 Å². The zero-order valence-electron chi connectivity index (χ0n) is 8.47. The average molecular weight is 204 g/mol. The van der Waals surface area contributed by atoms with Gasteiger partial charge in [-0.05, 0) is 19.4 Å².